The van der Waals surface area contributed by atoms with Crippen LogP contribution in [0.2, 0.25) is 0 Å². The van der Waals surface area contributed by atoms with Crippen LogP contribution in [0.1, 0.15) is 5.56 Å². The lowest BCUT2D eigenvalue weighted by atomic mass is 10.1. The lowest BCUT2D eigenvalue weighted by Gasteiger charge is -2.00. The number of halogens is 1. The van der Waals surface area contributed by atoms with E-state index in [2.05, 4.69) is 0 Å². The Morgan fingerprint density at radius 1 is 1.00 bits per heavy atom. The second kappa shape index (κ2) is 6.71. The van der Waals surface area contributed by atoms with Crippen molar-refractivity contribution in [3.63, 3.8) is 0 Å². The van der Waals surface area contributed by atoms with Crippen LogP contribution in [0.4, 0.5) is 4.39 Å². The molecular formula is C16H16FNO. The minimum atomic E-state index is -0.262. The molecule has 2 N–H and O–H groups in total. The van der Waals surface area contributed by atoms with Crippen molar-refractivity contribution in [2.75, 3.05) is 6.54 Å². The van der Waals surface area contributed by atoms with E-state index in [1.54, 1.807) is 24.5 Å². The Kier molecular flexibility index (Phi) is 4.70. The number of rotatable bonds is 3. The van der Waals surface area contributed by atoms with E-state index in [9.17, 15) is 4.39 Å². The van der Waals surface area contributed by atoms with Crippen LogP contribution in [-0.4, -0.2) is 6.54 Å². The van der Waals surface area contributed by atoms with Gasteiger partial charge in [0.05, 0.1) is 6.26 Å². The number of benzene rings is 1. The number of hydrogen-bond acceptors (Lipinski definition) is 2. The van der Waals surface area contributed by atoms with Gasteiger partial charge >= 0.3 is 0 Å². The van der Waals surface area contributed by atoms with Crippen molar-refractivity contribution >= 4 is 0 Å². The lowest BCUT2D eigenvalue weighted by Crippen LogP contribution is -2.01. The van der Waals surface area contributed by atoms with E-state index in [0.29, 0.717) is 12.3 Å². The van der Waals surface area contributed by atoms with Gasteiger partial charge in [0, 0.05) is 5.56 Å². The van der Waals surface area contributed by atoms with Gasteiger partial charge in [0.25, 0.3) is 0 Å². The molecule has 19 heavy (non-hydrogen) atoms. The van der Waals surface area contributed by atoms with E-state index in [4.69, 9.17) is 10.2 Å². The van der Waals surface area contributed by atoms with Gasteiger partial charge in [-0.2, -0.15) is 0 Å². The van der Waals surface area contributed by atoms with Gasteiger partial charge in [0.15, 0.2) is 0 Å². The zero-order valence-corrected chi connectivity index (χ0v) is 10.6. The molecule has 0 aliphatic heterocycles. The zero-order chi connectivity index (χ0) is 13.5. The van der Waals surface area contributed by atoms with Crippen LogP contribution in [0.5, 0.6) is 0 Å². The van der Waals surface area contributed by atoms with Crippen molar-refractivity contribution in [3.8, 4) is 11.3 Å². The highest BCUT2D eigenvalue weighted by Crippen LogP contribution is 2.19. The second-order valence-electron chi connectivity index (χ2n) is 4.13. The van der Waals surface area contributed by atoms with Crippen LogP contribution in [0.25, 0.3) is 11.3 Å². The van der Waals surface area contributed by atoms with E-state index in [1.165, 1.54) is 12.1 Å². The third kappa shape index (κ3) is 3.93. The standard InChI is InChI=1S/C16H16FNO/c17-15-7-5-14(6-8-15)16-12-13(9-10-18)4-2-1-3-11-19-16/h1-8,11-12H,9-10,18H2. The smallest absolute Gasteiger partial charge is 0.134 e. The van der Waals surface area contributed by atoms with E-state index in [1.807, 2.05) is 24.3 Å². The van der Waals surface area contributed by atoms with Gasteiger partial charge in [-0.05, 0) is 54.9 Å². The minimum absolute atomic E-state index is 0.262. The number of hydrogen-bond donors (Lipinski definition) is 1. The number of nitrogens with two attached hydrogens (primary N) is 1. The second-order valence-corrected chi connectivity index (χ2v) is 4.13. The van der Waals surface area contributed by atoms with Crippen molar-refractivity contribution in [1.82, 2.24) is 0 Å². The van der Waals surface area contributed by atoms with Gasteiger partial charge in [0.2, 0.25) is 0 Å². The molecule has 0 unspecified atom stereocenters. The highest BCUT2D eigenvalue weighted by atomic mass is 19.1. The van der Waals surface area contributed by atoms with Gasteiger partial charge < -0.3 is 10.2 Å². The summed E-state index contributed by atoms with van der Waals surface area (Å²) in [4.78, 5) is 0. The Labute approximate surface area is 112 Å². The zero-order valence-electron chi connectivity index (χ0n) is 10.6. The quantitative estimate of drug-likeness (QED) is 0.910. The summed E-state index contributed by atoms with van der Waals surface area (Å²) < 4.78 is 18.5. The van der Waals surface area contributed by atoms with Crippen LogP contribution < -0.4 is 5.73 Å². The molecule has 1 aromatic heterocycles. The monoisotopic (exact) mass is 257 g/mol. The van der Waals surface area contributed by atoms with Gasteiger partial charge in [-0.15, -0.1) is 0 Å². The highest BCUT2D eigenvalue weighted by molar-refractivity contribution is 5.57. The maximum absolute atomic E-state index is 12.9. The Bertz CT molecular complexity index is 573. The first kappa shape index (κ1) is 13.3. The Balaban J connectivity index is 2.52. The molecule has 0 radical (unpaired) electrons. The molecule has 2 nitrogen and oxygen atoms in total. The average molecular weight is 257 g/mol. The fraction of sp³-hybridized carbons (Fsp3) is 0.125. The molecule has 1 aromatic carbocycles. The molecule has 2 aromatic rings. The maximum atomic E-state index is 12.9. The molecule has 0 atom stereocenters. The highest BCUT2D eigenvalue weighted by Gasteiger charge is 2.00. The third-order valence-corrected chi connectivity index (χ3v) is 2.68. The average Bonchev–Trinajstić information content (AvgIpc) is 2.52. The van der Waals surface area contributed by atoms with Crippen LogP contribution >= 0.6 is 0 Å². The van der Waals surface area contributed by atoms with Crippen LogP contribution in [0, 0.1) is 5.82 Å². The van der Waals surface area contributed by atoms with Crippen LogP contribution in [0.3, 0.4) is 0 Å². The summed E-state index contributed by atoms with van der Waals surface area (Å²) in [5.41, 5.74) is 7.49. The van der Waals surface area contributed by atoms with Crippen LogP contribution in [-0.2, 0) is 6.42 Å². The fourth-order valence-corrected chi connectivity index (χ4v) is 1.74. The van der Waals surface area contributed by atoms with Crippen molar-refractivity contribution < 1.29 is 8.81 Å². The molecule has 0 saturated carbocycles. The van der Waals surface area contributed by atoms with E-state index >= 15 is 0 Å². The molecule has 0 fully saturated rings. The first-order chi connectivity index (χ1) is 9.29. The minimum Gasteiger partial charge on any atom is -0.464 e. The van der Waals surface area contributed by atoms with Gasteiger partial charge in [-0.3, -0.25) is 0 Å². The van der Waals surface area contributed by atoms with Gasteiger partial charge in [-0.25, -0.2) is 4.39 Å². The topological polar surface area (TPSA) is 39.2 Å². The summed E-state index contributed by atoms with van der Waals surface area (Å²) in [6.45, 7) is 0.570. The van der Waals surface area contributed by atoms with Crippen molar-refractivity contribution in [1.29, 1.82) is 0 Å². The molecule has 3 heteroatoms. The summed E-state index contributed by atoms with van der Waals surface area (Å²) in [7, 11) is 0. The predicted molar refractivity (Wildman–Crippen MR) is 74.5 cm³/mol. The fourth-order valence-electron chi connectivity index (χ4n) is 1.74. The van der Waals surface area contributed by atoms with Crippen LogP contribution in [0.15, 0.2) is 65.3 Å². The third-order valence-electron chi connectivity index (χ3n) is 2.68. The van der Waals surface area contributed by atoms with E-state index in [-0.39, 0.29) is 5.82 Å². The lowest BCUT2D eigenvalue weighted by molar-refractivity contribution is 0.569. The molecule has 2 rings (SSSR count). The van der Waals surface area contributed by atoms with Crippen molar-refractivity contribution in [2.45, 2.75) is 6.42 Å². The molecule has 1 heterocycles. The molecule has 0 amide bonds. The van der Waals surface area contributed by atoms with Crippen molar-refractivity contribution in [2.24, 2.45) is 5.73 Å². The maximum Gasteiger partial charge on any atom is 0.134 e. The van der Waals surface area contributed by atoms with E-state index < -0.39 is 0 Å². The Morgan fingerprint density at radius 2 is 1.79 bits per heavy atom. The first-order valence-electron chi connectivity index (χ1n) is 6.16. The molecule has 0 spiro atoms. The predicted octanol–water partition coefficient (Wildman–Crippen LogP) is 3.71. The van der Waals surface area contributed by atoms with Gasteiger partial charge in [-0.1, -0.05) is 18.2 Å². The van der Waals surface area contributed by atoms with Gasteiger partial charge in [0.1, 0.15) is 11.6 Å². The summed E-state index contributed by atoms with van der Waals surface area (Å²) >= 11 is 0. The Morgan fingerprint density at radius 3 is 2.53 bits per heavy atom. The largest absolute Gasteiger partial charge is 0.464 e. The summed E-state index contributed by atoms with van der Waals surface area (Å²) in [6, 6.07) is 15.8. The molecule has 0 saturated heterocycles. The molecule has 0 aliphatic rings. The SMILES string of the molecule is NCCc1cccccoc(-c2ccc(F)cc2)c1. The summed E-state index contributed by atoms with van der Waals surface area (Å²) in [5, 5.41) is 0. The normalized spacial score (nSPS) is 10.0. The molecule has 0 bridgehead atoms. The van der Waals surface area contributed by atoms with E-state index in [0.717, 1.165) is 17.5 Å². The Hall–Kier alpha value is -2.13. The van der Waals surface area contributed by atoms with Crippen molar-refractivity contribution in [3.05, 3.63) is 72.2 Å². The summed E-state index contributed by atoms with van der Waals surface area (Å²) in [5.74, 6) is 0.419. The first-order valence-corrected chi connectivity index (χ1v) is 6.16. The molecule has 98 valence electrons. The molecular weight excluding hydrogens is 241 g/mol. The summed E-state index contributed by atoms with van der Waals surface area (Å²) in [6.07, 6.45) is 2.36. The molecule has 0 aliphatic carbocycles.